The van der Waals surface area contributed by atoms with E-state index < -0.39 is 0 Å². The first-order chi connectivity index (χ1) is 6.84. The minimum absolute atomic E-state index is 0.298. The molecule has 2 aliphatic rings. The van der Waals surface area contributed by atoms with Gasteiger partial charge in [-0.3, -0.25) is 4.90 Å². The Morgan fingerprint density at radius 2 is 1.93 bits per heavy atom. The molecule has 0 radical (unpaired) electrons. The van der Waals surface area contributed by atoms with E-state index in [9.17, 15) is 0 Å². The highest BCUT2D eigenvalue weighted by molar-refractivity contribution is 4.73. The van der Waals surface area contributed by atoms with E-state index >= 15 is 0 Å². The maximum Gasteiger partial charge on any atom is 0.0936 e. The quantitative estimate of drug-likeness (QED) is 0.608. The minimum Gasteiger partial charge on any atom is -0.376 e. The SMILES string of the molecule is CN1CCN(CC2COCCO2)CC1. The average Bonchev–Trinajstić information content (AvgIpc) is 2.23. The Hall–Kier alpha value is -0.160. The third-order valence-electron chi connectivity index (χ3n) is 2.94. The van der Waals surface area contributed by atoms with Crippen LogP contribution in [0.5, 0.6) is 0 Å². The van der Waals surface area contributed by atoms with Crippen LogP contribution in [0.2, 0.25) is 0 Å². The molecular formula is C10H20N2O2. The van der Waals surface area contributed by atoms with Gasteiger partial charge in [0.2, 0.25) is 0 Å². The predicted octanol–water partition coefficient (Wildman–Crippen LogP) is -0.351. The van der Waals surface area contributed by atoms with Crippen LogP contribution in [0.25, 0.3) is 0 Å². The van der Waals surface area contributed by atoms with Gasteiger partial charge in [0.25, 0.3) is 0 Å². The third kappa shape index (κ3) is 2.92. The van der Waals surface area contributed by atoms with Crippen LogP contribution in [0.4, 0.5) is 0 Å². The zero-order chi connectivity index (χ0) is 9.80. The summed E-state index contributed by atoms with van der Waals surface area (Å²) in [5.41, 5.74) is 0. The molecule has 2 fully saturated rings. The Bertz CT molecular complexity index is 164. The van der Waals surface area contributed by atoms with Crippen molar-refractivity contribution in [2.45, 2.75) is 6.10 Å². The van der Waals surface area contributed by atoms with Crippen LogP contribution in [0.1, 0.15) is 0 Å². The van der Waals surface area contributed by atoms with Crippen LogP contribution in [-0.4, -0.2) is 75.5 Å². The number of rotatable bonds is 2. The molecule has 4 heteroatoms. The highest BCUT2D eigenvalue weighted by Crippen LogP contribution is 2.06. The molecule has 1 atom stereocenters. The van der Waals surface area contributed by atoms with Crippen molar-refractivity contribution in [1.29, 1.82) is 0 Å². The number of piperazine rings is 1. The van der Waals surface area contributed by atoms with Gasteiger partial charge in [-0.25, -0.2) is 0 Å². The van der Waals surface area contributed by atoms with Crippen LogP contribution >= 0.6 is 0 Å². The van der Waals surface area contributed by atoms with Crippen molar-refractivity contribution in [1.82, 2.24) is 9.80 Å². The van der Waals surface area contributed by atoms with Gasteiger partial charge in [0.1, 0.15) is 0 Å². The summed E-state index contributed by atoms with van der Waals surface area (Å²) in [7, 11) is 2.18. The number of hydrogen-bond acceptors (Lipinski definition) is 4. The minimum atomic E-state index is 0.298. The Balaban J connectivity index is 1.68. The summed E-state index contributed by atoms with van der Waals surface area (Å²) < 4.78 is 11.0. The fourth-order valence-electron chi connectivity index (χ4n) is 1.96. The van der Waals surface area contributed by atoms with E-state index in [2.05, 4.69) is 16.8 Å². The highest BCUT2D eigenvalue weighted by Gasteiger charge is 2.20. The molecule has 14 heavy (non-hydrogen) atoms. The number of nitrogens with zero attached hydrogens (tertiary/aromatic N) is 2. The van der Waals surface area contributed by atoms with E-state index in [1.165, 1.54) is 13.1 Å². The van der Waals surface area contributed by atoms with Crippen molar-refractivity contribution in [2.24, 2.45) is 0 Å². The molecule has 0 aromatic heterocycles. The van der Waals surface area contributed by atoms with E-state index in [1.54, 1.807) is 0 Å². The largest absolute Gasteiger partial charge is 0.376 e. The molecule has 0 amide bonds. The second kappa shape index (κ2) is 5.07. The molecule has 2 saturated heterocycles. The summed E-state index contributed by atoms with van der Waals surface area (Å²) in [6, 6.07) is 0. The highest BCUT2D eigenvalue weighted by atomic mass is 16.6. The van der Waals surface area contributed by atoms with E-state index in [1.807, 2.05) is 0 Å². The molecule has 1 unspecified atom stereocenters. The molecule has 2 rings (SSSR count). The van der Waals surface area contributed by atoms with Crippen molar-refractivity contribution in [3.63, 3.8) is 0 Å². The number of likely N-dealkylation sites (N-methyl/N-ethyl adjacent to an activating group) is 1. The molecule has 0 bridgehead atoms. The topological polar surface area (TPSA) is 24.9 Å². The zero-order valence-corrected chi connectivity index (χ0v) is 8.95. The van der Waals surface area contributed by atoms with Crippen LogP contribution in [-0.2, 0) is 9.47 Å². The smallest absolute Gasteiger partial charge is 0.0936 e. The van der Waals surface area contributed by atoms with E-state index in [-0.39, 0.29) is 0 Å². The molecule has 0 aliphatic carbocycles. The molecule has 4 nitrogen and oxygen atoms in total. The standard InChI is InChI=1S/C10H20N2O2/c1-11-2-4-12(5-3-11)8-10-9-13-6-7-14-10/h10H,2-9H2,1H3. The Labute approximate surface area is 85.8 Å². The van der Waals surface area contributed by atoms with Crippen molar-refractivity contribution in [2.75, 3.05) is 59.6 Å². The molecule has 0 saturated carbocycles. The van der Waals surface area contributed by atoms with Gasteiger partial charge in [0.15, 0.2) is 0 Å². The fourth-order valence-corrected chi connectivity index (χ4v) is 1.96. The van der Waals surface area contributed by atoms with Crippen molar-refractivity contribution < 1.29 is 9.47 Å². The lowest BCUT2D eigenvalue weighted by molar-refractivity contribution is -0.0995. The lowest BCUT2D eigenvalue weighted by Crippen LogP contribution is -2.49. The Morgan fingerprint density at radius 3 is 2.57 bits per heavy atom. The van der Waals surface area contributed by atoms with Crippen LogP contribution < -0.4 is 0 Å². The van der Waals surface area contributed by atoms with Gasteiger partial charge >= 0.3 is 0 Å². The maximum atomic E-state index is 5.63. The lowest BCUT2D eigenvalue weighted by Gasteiger charge is -2.35. The maximum absolute atomic E-state index is 5.63. The molecule has 2 aliphatic heterocycles. The lowest BCUT2D eigenvalue weighted by atomic mass is 10.2. The van der Waals surface area contributed by atoms with E-state index in [0.29, 0.717) is 6.10 Å². The van der Waals surface area contributed by atoms with Gasteiger partial charge in [-0.15, -0.1) is 0 Å². The van der Waals surface area contributed by atoms with E-state index in [0.717, 1.165) is 39.5 Å². The van der Waals surface area contributed by atoms with Gasteiger partial charge in [-0.2, -0.15) is 0 Å². The second-order valence-corrected chi connectivity index (χ2v) is 4.17. The second-order valence-electron chi connectivity index (χ2n) is 4.17. The molecule has 0 spiro atoms. The molecule has 0 N–H and O–H groups in total. The van der Waals surface area contributed by atoms with Crippen molar-refractivity contribution in [3.8, 4) is 0 Å². The average molecular weight is 200 g/mol. The van der Waals surface area contributed by atoms with Crippen LogP contribution in [0, 0.1) is 0 Å². The van der Waals surface area contributed by atoms with Crippen LogP contribution in [0.3, 0.4) is 0 Å². The summed E-state index contributed by atoms with van der Waals surface area (Å²) in [5.74, 6) is 0. The molecule has 0 aromatic rings. The number of ether oxygens (including phenoxy) is 2. The van der Waals surface area contributed by atoms with Gasteiger partial charge in [-0.05, 0) is 7.05 Å². The summed E-state index contributed by atoms with van der Waals surface area (Å²) in [6.07, 6.45) is 0.298. The zero-order valence-electron chi connectivity index (χ0n) is 8.95. The molecule has 2 heterocycles. The van der Waals surface area contributed by atoms with Crippen molar-refractivity contribution in [3.05, 3.63) is 0 Å². The fraction of sp³-hybridized carbons (Fsp3) is 1.00. The summed E-state index contributed by atoms with van der Waals surface area (Å²) in [4.78, 5) is 4.84. The predicted molar refractivity (Wildman–Crippen MR) is 54.5 cm³/mol. The molecular weight excluding hydrogens is 180 g/mol. The first-order valence-electron chi connectivity index (χ1n) is 5.45. The number of hydrogen-bond donors (Lipinski definition) is 0. The Morgan fingerprint density at radius 1 is 1.14 bits per heavy atom. The van der Waals surface area contributed by atoms with Crippen molar-refractivity contribution >= 4 is 0 Å². The Kier molecular flexibility index (Phi) is 3.75. The third-order valence-corrected chi connectivity index (χ3v) is 2.94. The van der Waals surface area contributed by atoms with Gasteiger partial charge < -0.3 is 14.4 Å². The van der Waals surface area contributed by atoms with Gasteiger partial charge in [0.05, 0.1) is 25.9 Å². The summed E-state index contributed by atoms with van der Waals surface area (Å²) in [5, 5.41) is 0. The first-order valence-corrected chi connectivity index (χ1v) is 5.45. The molecule has 0 aromatic carbocycles. The van der Waals surface area contributed by atoms with Gasteiger partial charge in [-0.1, -0.05) is 0 Å². The van der Waals surface area contributed by atoms with Crippen LogP contribution in [0.15, 0.2) is 0 Å². The molecule has 82 valence electrons. The normalized spacial score (nSPS) is 31.9. The first kappa shape index (κ1) is 10.4. The van der Waals surface area contributed by atoms with E-state index in [4.69, 9.17) is 9.47 Å². The monoisotopic (exact) mass is 200 g/mol. The summed E-state index contributed by atoms with van der Waals surface area (Å²) >= 11 is 0. The summed E-state index contributed by atoms with van der Waals surface area (Å²) in [6.45, 7) is 8.01. The van der Waals surface area contributed by atoms with Gasteiger partial charge in [0, 0.05) is 32.7 Å².